The zero-order chi connectivity index (χ0) is 11.5. The van der Waals surface area contributed by atoms with Crippen LogP contribution in [-0.4, -0.2) is 14.9 Å². The Morgan fingerprint density at radius 3 is 2.60 bits per heavy atom. The van der Waals surface area contributed by atoms with Crippen molar-refractivity contribution in [3.05, 3.63) is 18.2 Å². The normalized spacial score (nSPS) is 14.2. The van der Waals surface area contributed by atoms with E-state index < -0.39 is 0 Å². The van der Waals surface area contributed by atoms with Crippen molar-refractivity contribution >= 4 is 15.9 Å². The molecule has 0 aliphatic heterocycles. The van der Waals surface area contributed by atoms with Crippen molar-refractivity contribution in [1.29, 1.82) is 0 Å². The van der Waals surface area contributed by atoms with E-state index in [1.165, 1.54) is 5.82 Å². The molecule has 0 N–H and O–H groups in total. The highest BCUT2D eigenvalue weighted by molar-refractivity contribution is 9.09. The SMILES string of the molecule is CCc1nccn1CC(CBr)C(C)(C)C. The average molecular weight is 273 g/mol. The van der Waals surface area contributed by atoms with E-state index in [4.69, 9.17) is 0 Å². The van der Waals surface area contributed by atoms with Crippen LogP contribution in [0.5, 0.6) is 0 Å². The van der Waals surface area contributed by atoms with Crippen LogP contribution in [0.2, 0.25) is 0 Å². The van der Waals surface area contributed by atoms with Crippen molar-refractivity contribution in [2.75, 3.05) is 5.33 Å². The summed E-state index contributed by atoms with van der Waals surface area (Å²) in [7, 11) is 0. The van der Waals surface area contributed by atoms with E-state index >= 15 is 0 Å². The minimum absolute atomic E-state index is 0.332. The highest BCUT2D eigenvalue weighted by atomic mass is 79.9. The largest absolute Gasteiger partial charge is 0.335 e. The van der Waals surface area contributed by atoms with Gasteiger partial charge in [-0.1, -0.05) is 43.6 Å². The van der Waals surface area contributed by atoms with Crippen LogP contribution in [0.3, 0.4) is 0 Å². The first-order chi connectivity index (χ1) is 6.99. The molecule has 0 bridgehead atoms. The highest BCUT2D eigenvalue weighted by Crippen LogP contribution is 2.29. The molecule has 1 aromatic heterocycles. The summed E-state index contributed by atoms with van der Waals surface area (Å²) in [6.45, 7) is 10.1. The summed E-state index contributed by atoms with van der Waals surface area (Å²) in [5, 5.41) is 1.04. The number of aromatic nitrogens is 2. The number of hydrogen-bond acceptors (Lipinski definition) is 1. The van der Waals surface area contributed by atoms with E-state index in [0.29, 0.717) is 11.3 Å². The van der Waals surface area contributed by atoms with Crippen molar-refractivity contribution in [2.24, 2.45) is 11.3 Å². The van der Waals surface area contributed by atoms with Gasteiger partial charge < -0.3 is 4.57 Å². The molecule has 2 nitrogen and oxygen atoms in total. The van der Waals surface area contributed by atoms with Gasteiger partial charge in [0, 0.05) is 30.7 Å². The molecule has 0 amide bonds. The van der Waals surface area contributed by atoms with Crippen molar-refractivity contribution < 1.29 is 0 Å². The molecule has 0 fully saturated rings. The first-order valence-electron chi connectivity index (χ1n) is 5.55. The number of halogens is 1. The second kappa shape index (κ2) is 5.15. The van der Waals surface area contributed by atoms with Crippen LogP contribution < -0.4 is 0 Å². The van der Waals surface area contributed by atoms with Crippen LogP contribution in [0.15, 0.2) is 12.4 Å². The predicted octanol–water partition coefficient (Wildman–Crippen LogP) is 3.50. The Kier molecular flexibility index (Phi) is 4.38. The van der Waals surface area contributed by atoms with Gasteiger partial charge in [0.15, 0.2) is 0 Å². The maximum atomic E-state index is 4.35. The fourth-order valence-electron chi connectivity index (χ4n) is 1.61. The first-order valence-corrected chi connectivity index (χ1v) is 6.67. The molecule has 0 aliphatic rings. The van der Waals surface area contributed by atoms with E-state index in [1.54, 1.807) is 0 Å². The first kappa shape index (κ1) is 12.8. The number of hydrogen-bond donors (Lipinski definition) is 0. The minimum Gasteiger partial charge on any atom is -0.335 e. The van der Waals surface area contributed by atoms with Crippen LogP contribution >= 0.6 is 15.9 Å². The summed E-state index contributed by atoms with van der Waals surface area (Å²) < 4.78 is 2.27. The minimum atomic E-state index is 0.332. The quantitative estimate of drug-likeness (QED) is 0.768. The molecular formula is C12H21BrN2. The third-order valence-electron chi connectivity index (χ3n) is 2.95. The van der Waals surface area contributed by atoms with Gasteiger partial charge in [-0.15, -0.1) is 0 Å². The maximum Gasteiger partial charge on any atom is 0.108 e. The molecule has 86 valence electrons. The van der Waals surface area contributed by atoms with Gasteiger partial charge in [-0.2, -0.15) is 0 Å². The molecule has 15 heavy (non-hydrogen) atoms. The van der Waals surface area contributed by atoms with Crippen molar-refractivity contribution in [1.82, 2.24) is 9.55 Å². The van der Waals surface area contributed by atoms with E-state index in [1.807, 2.05) is 6.20 Å². The summed E-state index contributed by atoms with van der Waals surface area (Å²) in [5.41, 5.74) is 0.332. The summed E-state index contributed by atoms with van der Waals surface area (Å²) in [4.78, 5) is 4.35. The van der Waals surface area contributed by atoms with Gasteiger partial charge in [0.2, 0.25) is 0 Å². The van der Waals surface area contributed by atoms with Crippen LogP contribution in [0.1, 0.15) is 33.5 Å². The molecule has 1 heterocycles. The van der Waals surface area contributed by atoms with Crippen LogP contribution in [-0.2, 0) is 13.0 Å². The van der Waals surface area contributed by atoms with E-state index in [-0.39, 0.29) is 0 Å². The lowest BCUT2D eigenvalue weighted by Crippen LogP contribution is -2.27. The maximum absolute atomic E-state index is 4.35. The predicted molar refractivity (Wildman–Crippen MR) is 68.3 cm³/mol. The molecule has 0 radical (unpaired) electrons. The third-order valence-corrected chi connectivity index (χ3v) is 3.73. The lowest BCUT2D eigenvalue weighted by atomic mass is 9.82. The van der Waals surface area contributed by atoms with Crippen LogP contribution in [0, 0.1) is 11.3 Å². The Balaban J connectivity index is 2.75. The number of nitrogens with zero attached hydrogens (tertiary/aromatic N) is 2. The lowest BCUT2D eigenvalue weighted by Gasteiger charge is -2.29. The van der Waals surface area contributed by atoms with Gasteiger partial charge in [-0.3, -0.25) is 0 Å². The summed E-state index contributed by atoms with van der Waals surface area (Å²) in [5.74, 6) is 1.82. The van der Waals surface area contributed by atoms with Crippen molar-refractivity contribution in [2.45, 2.75) is 40.7 Å². The molecule has 1 rings (SSSR count). The zero-order valence-electron chi connectivity index (χ0n) is 10.1. The molecule has 0 spiro atoms. The molecule has 0 aromatic carbocycles. The summed E-state index contributed by atoms with van der Waals surface area (Å²) in [6, 6.07) is 0. The lowest BCUT2D eigenvalue weighted by molar-refractivity contribution is 0.237. The molecule has 0 saturated heterocycles. The Labute approximate surface area is 101 Å². The average Bonchev–Trinajstić information content (AvgIpc) is 2.59. The Hall–Kier alpha value is -0.310. The van der Waals surface area contributed by atoms with Gasteiger partial charge in [-0.05, 0) is 11.3 Å². The molecule has 1 unspecified atom stereocenters. The number of aryl methyl sites for hydroxylation is 1. The smallest absolute Gasteiger partial charge is 0.108 e. The van der Waals surface area contributed by atoms with Gasteiger partial charge >= 0.3 is 0 Å². The fourth-order valence-corrected chi connectivity index (χ4v) is 2.79. The second-order valence-electron chi connectivity index (χ2n) is 5.07. The van der Waals surface area contributed by atoms with Crippen LogP contribution in [0.4, 0.5) is 0 Å². The highest BCUT2D eigenvalue weighted by Gasteiger charge is 2.24. The molecule has 3 heteroatoms. The topological polar surface area (TPSA) is 17.8 Å². The van der Waals surface area contributed by atoms with Crippen molar-refractivity contribution in [3.63, 3.8) is 0 Å². The summed E-state index contributed by atoms with van der Waals surface area (Å²) >= 11 is 3.61. The van der Waals surface area contributed by atoms with Crippen molar-refractivity contribution in [3.8, 4) is 0 Å². The van der Waals surface area contributed by atoms with E-state index in [9.17, 15) is 0 Å². The van der Waals surface area contributed by atoms with E-state index in [2.05, 4.69) is 59.4 Å². The summed E-state index contributed by atoms with van der Waals surface area (Å²) in [6.07, 6.45) is 4.99. The fraction of sp³-hybridized carbons (Fsp3) is 0.750. The zero-order valence-corrected chi connectivity index (χ0v) is 11.7. The molecule has 1 atom stereocenters. The molecule has 0 aliphatic carbocycles. The Morgan fingerprint density at radius 1 is 1.47 bits per heavy atom. The molecular weight excluding hydrogens is 252 g/mol. The van der Waals surface area contributed by atoms with Gasteiger partial charge in [0.1, 0.15) is 5.82 Å². The molecule has 0 saturated carbocycles. The second-order valence-corrected chi connectivity index (χ2v) is 5.71. The monoisotopic (exact) mass is 272 g/mol. The van der Waals surface area contributed by atoms with Gasteiger partial charge in [-0.25, -0.2) is 4.98 Å². The van der Waals surface area contributed by atoms with E-state index in [0.717, 1.165) is 18.3 Å². The van der Waals surface area contributed by atoms with Gasteiger partial charge in [0.25, 0.3) is 0 Å². The number of imidazole rings is 1. The Morgan fingerprint density at radius 2 is 2.13 bits per heavy atom. The van der Waals surface area contributed by atoms with Gasteiger partial charge in [0.05, 0.1) is 0 Å². The standard InChI is InChI=1S/C12H21BrN2/c1-5-11-14-6-7-15(11)9-10(8-13)12(2,3)4/h6-7,10H,5,8-9H2,1-4H3. The number of rotatable bonds is 4. The third kappa shape index (κ3) is 3.33. The molecule has 1 aromatic rings. The number of alkyl halides is 1. The van der Waals surface area contributed by atoms with Crippen LogP contribution in [0.25, 0.3) is 0 Å². The Bertz CT molecular complexity index is 299.